The molecule has 0 aliphatic carbocycles. The second kappa shape index (κ2) is 7.08. The lowest BCUT2D eigenvalue weighted by atomic mass is 10.1. The van der Waals surface area contributed by atoms with Crippen LogP contribution < -0.4 is 10.6 Å². The Morgan fingerprint density at radius 1 is 1.29 bits per heavy atom. The molecule has 2 N–H and O–H groups in total. The quantitative estimate of drug-likeness (QED) is 0.814. The Labute approximate surface area is 143 Å². The third-order valence-electron chi connectivity index (χ3n) is 2.87. The molecular weight excluding hydrogens is 332 g/mol. The Kier molecular flexibility index (Phi) is 5.33. The number of rotatable bonds is 4. The van der Waals surface area contributed by atoms with Crippen LogP contribution in [-0.2, 0) is 4.79 Å². The van der Waals surface area contributed by atoms with Gasteiger partial charge in [-0.2, -0.15) is 0 Å². The van der Waals surface area contributed by atoms with Crippen LogP contribution in [0.3, 0.4) is 0 Å². The molecular formula is C15H20N4O4S. The topological polar surface area (TPSA) is 110 Å². The summed E-state index contributed by atoms with van der Waals surface area (Å²) in [6.07, 6.45) is 1.53. The molecule has 0 aliphatic rings. The molecule has 2 aromatic rings. The van der Waals surface area contributed by atoms with E-state index in [0.29, 0.717) is 17.2 Å². The fourth-order valence-electron chi connectivity index (χ4n) is 1.76. The molecule has 0 fully saturated rings. The number of thioether (sulfide) groups is 1. The van der Waals surface area contributed by atoms with Crippen LogP contribution >= 0.6 is 11.8 Å². The van der Waals surface area contributed by atoms with Crippen molar-refractivity contribution < 1.29 is 18.4 Å². The number of aryl methyl sites for hydroxylation is 1. The van der Waals surface area contributed by atoms with E-state index < -0.39 is 22.7 Å². The predicted molar refractivity (Wildman–Crippen MR) is 88.5 cm³/mol. The predicted octanol–water partition coefficient (Wildman–Crippen LogP) is 2.74. The molecule has 0 radical (unpaired) electrons. The summed E-state index contributed by atoms with van der Waals surface area (Å²) >= 11 is 1.07. The van der Waals surface area contributed by atoms with Gasteiger partial charge in [0, 0.05) is 5.54 Å². The fourth-order valence-corrected chi connectivity index (χ4v) is 2.45. The third-order valence-corrected chi connectivity index (χ3v) is 3.80. The minimum atomic E-state index is -0.575. The van der Waals surface area contributed by atoms with Gasteiger partial charge in [-0.25, -0.2) is 4.79 Å². The van der Waals surface area contributed by atoms with Crippen LogP contribution in [0.5, 0.6) is 0 Å². The molecule has 2 aromatic heterocycles. The van der Waals surface area contributed by atoms with E-state index in [1.807, 2.05) is 20.8 Å². The molecule has 8 nitrogen and oxygen atoms in total. The average Bonchev–Trinajstić information content (AvgIpc) is 3.05. The summed E-state index contributed by atoms with van der Waals surface area (Å²) in [6, 6.07) is 1.18. The second-order valence-electron chi connectivity index (χ2n) is 6.22. The van der Waals surface area contributed by atoms with E-state index in [1.54, 1.807) is 19.9 Å². The van der Waals surface area contributed by atoms with Crippen LogP contribution in [0.25, 0.3) is 11.5 Å². The summed E-state index contributed by atoms with van der Waals surface area (Å²) in [5, 5.41) is 12.4. The van der Waals surface area contributed by atoms with Crippen molar-refractivity contribution >= 4 is 23.7 Å². The SMILES string of the molecule is Cc1occc1-c1nnc(S[C@@H](C)C(=O)NC(=O)NC(C)(C)C)o1. The Morgan fingerprint density at radius 3 is 2.58 bits per heavy atom. The number of carbonyl (C=O) groups excluding carboxylic acids is 2. The Morgan fingerprint density at radius 2 is 2.00 bits per heavy atom. The van der Waals surface area contributed by atoms with Gasteiger partial charge in [0.25, 0.3) is 11.1 Å². The number of amides is 3. The lowest BCUT2D eigenvalue weighted by Crippen LogP contribution is -2.49. The van der Waals surface area contributed by atoms with E-state index in [1.165, 1.54) is 6.26 Å². The van der Waals surface area contributed by atoms with Gasteiger partial charge in [0.15, 0.2) is 0 Å². The number of furan rings is 1. The van der Waals surface area contributed by atoms with Crippen LogP contribution in [0.2, 0.25) is 0 Å². The molecule has 0 saturated carbocycles. The number of nitrogens with one attached hydrogen (secondary N) is 2. The number of aromatic nitrogens is 2. The summed E-state index contributed by atoms with van der Waals surface area (Å²) in [7, 11) is 0. The maximum absolute atomic E-state index is 12.0. The van der Waals surface area contributed by atoms with Crippen LogP contribution in [0, 0.1) is 6.92 Å². The van der Waals surface area contributed by atoms with Gasteiger partial charge in [0.05, 0.1) is 17.1 Å². The molecule has 2 rings (SSSR count). The maximum atomic E-state index is 12.0. The van der Waals surface area contributed by atoms with Gasteiger partial charge in [0.2, 0.25) is 5.91 Å². The zero-order valence-electron chi connectivity index (χ0n) is 14.2. The van der Waals surface area contributed by atoms with Crippen LogP contribution in [0.4, 0.5) is 4.79 Å². The molecule has 1 atom stereocenters. The summed E-state index contributed by atoms with van der Waals surface area (Å²) < 4.78 is 10.7. The number of hydrogen-bond acceptors (Lipinski definition) is 7. The van der Waals surface area contributed by atoms with Gasteiger partial charge in [-0.1, -0.05) is 11.8 Å². The first-order chi connectivity index (χ1) is 11.2. The Hall–Kier alpha value is -2.29. The molecule has 0 aromatic carbocycles. The molecule has 0 aliphatic heterocycles. The van der Waals surface area contributed by atoms with Crippen molar-refractivity contribution in [2.24, 2.45) is 0 Å². The van der Waals surface area contributed by atoms with Crippen molar-refractivity contribution in [2.75, 3.05) is 0 Å². The normalized spacial score (nSPS) is 12.7. The van der Waals surface area contributed by atoms with Crippen molar-refractivity contribution in [3.05, 3.63) is 18.1 Å². The largest absolute Gasteiger partial charge is 0.469 e. The lowest BCUT2D eigenvalue weighted by molar-refractivity contribution is -0.119. The molecule has 130 valence electrons. The van der Waals surface area contributed by atoms with Crippen LogP contribution in [0.15, 0.2) is 26.4 Å². The lowest BCUT2D eigenvalue weighted by Gasteiger charge is -2.20. The summed E-state index contributed by atoms with van der Waals surface area (Å²) in [6.45, 7) is 8.92. The molecule has 9 heteroatoms. The second-order valence-corrected chi connectivity index (χ2v) is 7.51. The minimum Gasteiger partial charge on any atom is -0.469 e. The number of hydrogen-bond donors (Lipinski definition) is 2. The van der Waals surface area contributed by atoms with E-state index in [2.05, 4.69) is 20.8 Å². The van der Waals surface area contributed by atoms with Gasteiger partial charge in [0.1, 0.15) is 5.76 Å². The number of nitrogens with zero attached hydrogens (tertiary/aromatic N) is 2. The van der Waals surface area contributed by atoms with Gasteiger partial charge in [-0.15, -0.1) is 10.2 Å². The summed E-state index contributed by atoms with van der Waals surface area (Å²) in [5.74, 6) is 0.544. The van der Waals surface area contributed by atoms with E-state index >= 15 is 0 Å². The van der Waals surface area contributed by atoms with Gasteiger partial charge in [-0.3, -0.25) is 10.1 Å². The van der Waals surface area contributed by atoms with Crippen LogP contribution in [-0.4, -0.2) is 32.9 Å². The van der Waals surface area contributed by atoms with Crippen molar-refractivity contribution in [3.8, 4) is 11.5 Å². The Bertz CT molecular complexity index is 732. The highest BCUT2D eigenvalue weighted by Gasteiger charge is 2.22. The molecule has 0 saturated heterocycles. The van der Waals surface area contributed by atoms with Crippen LogP contribution in [0.1, 0.15) is 33.5 Å². The number of urea groups is 1. The highest BCUT2D eigenvalue weighted by atomic mass is 32.2. The number of imide groups is 1. The van der Waals surface area contributed by atoms with E-state index in [-0.39, 0.29) is 5.22 Å². The molecule has 3 amide bonds. The van der Waals surface area contributed by atoms with E-state index in [9.17, 15) is 9.59 Å². The highest BCUT2D eigenvalue weighted by molar-refractivity contribution is 8.00. The first kappa shape index (κ1) is 18.1. The fraction of sp³-hybridized carbons (Fsp3) is 0.467. The Balaban J connectivity index is 1.94. The highest BCUT2D eigenvalue weighted by Crippen LogP contribution is 2.28. The number of carbonyl (C=O) groups is 2. The molecule has 0 spiro atoms. The van der Waals surface area contributed by atoms with Gasteiger partial charge < -0.3 is 14.2 Å². The summed E-state index contributed by atoms with van der Waals surface area (Å²) in [5.41, 5.74) is 0.279. The van der Waals surface area contributed by atoms with E-state index in [0.717, 1.165) is 11.8 Å². The minimum absolute atomic E-state index is 0.240. The molecule has 0 bridgehead atoms. The molecule has 24 heavy (non-hydrogen) atoms. The monoisotopic (exact) mass is 352 g/mol. The average molecular weight is 352 g/mol. The maximum Gasteiger partial charge on any atom is 0.321 e. The first-order valence-corrected chi connectivity index (χ1v) is 8.21. The summed E-state index contributed by atoms with van der Waals surface area (Å²) in [4.78, 5) is 23.7. The third kappa shape index (κ3) is 4.85. The van der Waals surface area contributed by atoms with Crippen molar-refractivity contribution in [2.45, 2.75) is 50.6 Å². The van der Waals surface area contributed by atoms with Crippen molar-refractivity contribution in [1.82, 2.24) is 20.8 Å². The zero-order chi connectivity index (χ0) is 17.9. The van der Waals surface area contributed by atoms with Crippen molar-refractivity contribution in [1.29, 1.82) is 0 Å². The van der Waals surface area contributed by atoms with E-state index in [4.69, 9.17) is 8.83 Å². The first-order valence-electron chi connectivity index (χ1n) is 7.33. The van der Waals surface area contributed by atoms with Crippen molar-refractivity contribution in [3.63, 3.8) is 0 Å². The van der Waals surface area contributed by atoms with Gasteiger partial charge in [-0.05, 0) is 40.7 Å². The molecule has 0 unspecified atom stereocenters. The van der Waals surface area contributed by atoms with Gasteiger partial charge >= 0.3 is 6.03 Å². The smallest absolute Gasteiger partial charge is 0.321 e. The molecule has 2 heterocycles. The zero-order valence-corrected chi connectivity index (χ0v) is 15.0. The standard InChI is InChI=1S/C15H20N4O4S/c1-8-10(6-7-22-8)12-18-19-14(23-12)24-9(2)11(20)16-13(21)17-15(3,4)5/h6-7,9H,1-5H3,(H2,16,17,20,21)/t9-/m0/s1.